The van der Waals surface area contributed by atoms with Gasteiger partial charge in [-0.1, -0.05) is 47.5 Å². The standard InChI is InChI=1S/C11H8NO2/c13-12(14)11-8-4-7-10(11)9-5-2-1-3-6-9/h1-8H/q-1. The van der Waals surface area contributed by atoms with E-state index in [2.05, 4.69) is 0 Å². The lowest BCUT2D eigenvalue weighted by Crippen LogP contribution is -1.87. The highest BCUT2D eigenvalue weighted by atomic mass is 16.6. The molecule has 0 aromatic heterocycles. The summed E-state index contributed by atoms with van der Waals surface area (Å²) in [6.45, 7) is 0. The maximum Gasteiger partial charge on any atom is 0.187 e. The Morgan fingerprint density at radius 3 is 2.43 bits per heavy atom. The van der Waals surface area contributed by atoms with Crippen LogP contribution in [-0.4, -0.2) is 4.92 Å². The van der Waals surface area contributed by atoms with Crippen molar-refractivity contribution < 1.29 is 4.92 Å². The second kappa shape index (κ2) is 3.38. The molecule has 3 heteroatoms. The summed E-state index contributed by atoms with van der Waals surface area (Å²) in [5.41, 5.74) is 1.72. The Hall–Kier alpha value is -2.03. The smallest absolute Gasteiger partial charge is 0.187 e. The van der Waals surface area contributed by atoms with Crippen LogP contribution in [0, 0.1) is 10.1 Å². The summed E-state index contributed by atoms with van der Waals surface area (Å²) in [6, 6.07) is 14.3. The quantitative estimate of drug-likeness (QED) is 0.411. The molecule has 0 saturated heterocycles. The van der Waals surface area contributed by atoms with Crippen LogP contribution in [0.1, 0.15) is 0 Å². The summed E-state index contributed by atoms with van der Waals surface area (Å²) in [7, 11) is 0. The molecule has 14 heavy (non-hydrogen) atoms. The highest BCUT2D eigenvalue weighted by Crippen LogP contribution is 2.30. The molecule has 0 heterocycles. The fraction of sp³-hybridized carbons (Fsp3) is 0. The van der Waals surface area contributed by atoms with E-state index >= 15 is 0 Å². The molecule has 0 unspecified atom stereocenters. The van der Waals surface area contributed by atoms with Crippen molar-refractivity contribution in [3.8, 4) is 11.1 Å². The van der Waals surface area contributed by atoms with Crippen LogP contribution in [0.2, 0.25) is 0 Å². The molecule has 0 aliphatic heterocycles. The molecule has 2 aromatic rings. The first-order valence-corrected chi connectivity index (χ1v) is 4.24. The van der Waals surface area contributed by atoms with Crippen molar-refractivity contribution in [2.24, 2.45) is 0 Å². The van der Waals surface area contributed by atoms with Crippen LogP contribution in [0.4, 0.5) is 5.69 Å². The average Bonchev–Trinajstić information content (AvgIpc) is 2.67. The Balaban J connectivity index is 2.52. The van der Waals surface area contributed by atoms with Gasteiger partial charge in [0.2, 0.25) is 0 Å². The Kier molecular flexibility index (Phi) is 2.07. The summed E-state index contributed by atoms with van der Waals surface area (Å²) < 4.78 is 0. The molecule has 2 aromatic carbocycles. The molecule has 0 aliphatic rings. The maximum absolute atomic E-state index is 10.7. The maximum atomic E-state index is 10.7. The minimum Gasteiger partial charge on any atom is -0.267 e. The van der Waals surface area contributed by atoms with E-state index in [1.807, 2.05) is 30.3 Å². The number of hydrogen-bond donors (Lipinski definition) is 0. The van der Waals surface area contributed by atoms with E-state index in [0.29, 0.717) is 5.56 Å². The predicted molar refractivity (Wildman–Crippen MR) is 54.1 cm³/mol. The van der Waals surface area contributed by atoms with E-state index in [1.54, 1.807) is 12.1 Å². The topological polar surface area (TPSA) is 43.1 Å². The van der Waals surface area contributed by atoms with Gasteiger partial charge in [0.25, 0.3) is 0 Å². The SMILES string of the molecule is O=[N+]([O-])[c-]1cccc1-c1ccccc1. The normalized spacial score (nSPS) is 10.0. The van der Waals surface area contributed by atoms with E-state index < -0.39 is 0 Å². The summed E-state index contributed by atoms with van der Waals surface area (Å²) in [4.78, 5) is 10.3. The Labute approximate surface area is 81.1 Å². The van der Waals surface area contributed by atoms with Crippen molar-refractivity contribution in [1.82, 2.24) is 0 Å². The van der Waals surface area contributed by atoms with E-state index in [0.717, 1.165) is 5.56 Å². The molecule has 0 spiro atoms. The predicted octanol–water partition coefficient (Wildman–Crippen LogP) is 2.98. The molecule has 3 nitrogen and oxygen atoms in total. The molecule has 0 N–H and O–H groups in total. The Bertz CT molecular complexity index is 445. The minimum atomic E-state index is -0.359. The van der Waals surface area contributed by atoms with Crippen molar-refractivity contribution >= 4 is 5.69 Å². The van der Waals surface area contributed by atoms with Crippen LogP contribution in [0.5, 0.6) is 0 Å². The van der Waals surface area contributed by atoms with Gasteiger partial charge >= 0.3 is 0 Å². The van der Waals surface area contributed by atoms with Crippen molar-refractivity contribution in [2.45, 2.75) is 0 Å². The van der Waals surface area contributed by atoms with Gasteiger partial charge in [-0.15, -0.1) is 0 Å². The van der Waals surface area contributed by atoms with Gasteiger partial charge < -0.3 is 0 Å². The lowest BCUT2D eigenvalue weighted by molar-refractivity contribution is -0.383. The van der Waals surface area contributed by atoms with Gasteiger partial charge in [0.15, 0.2) is 5.69 Å². The number of hydrogen-bond acceptors (Lipinski definition) is 2. The van der Waals surface area contributed by atoms with Crippen LogP contribution in [0.25, 0.3) is 11.1 Å². The zero-order valence-electron chi connectivity index (χ0n) is 7.38. The number of rotatable bonds is 2. The third-order valence-electron chi connectivity index (χ3n) is 2.07. The molecule has 0 radical (unpaired) electrons. The largest absolute Gasteiger partial charge is 0.267 e. The third-order valence-corrected chi connectivity index (χ3v) is 2.07. The zero-order valence-corrected chi connectivity index (χ0v) is 7.38. The molecular formula is C11H8NO2-. The van der Waals surface area contributed by atoms with Crippen LogP contribution in [-0.2, 0) is 0 Å². The number of nitro groups is 1. The average molecular weight is 186 g/mol. The van der Waals surface area contributed by atoms with Crippen molar-refractivity contribution in [3.05, 3.63) is 58.6 Å². The fourth-order valence-corrected chi connectivity index (χ4v) is 1.43. The Morgan fingerprint density at radius 1 is 1.07 bits per heavy atom. The monoisotopic (exact) mass is 186 g/mol. The van der Waals surface area contributed by atoms with E-state index in [-0.39, 0.29) is 10.6 Å². The first-order chi connectivity index (χ1) is 6.79. The molecule has 2 rings (SSSR count). The first kappa shape index (κ1) is 8.56. The summed E-state index contributed by atoms with van der Waals surface area (Å²) in [6.07, 6.45) is 0. The second-order valence-electron chi connectivity index (χ2n) is 2.95. The van der Waals surface area contributed by atoms with Gasteiger partial charge in [0.05, 0.1) is 0 Å². The Morgan fingerprint density at radius 2 is 1.79 bits per heavy atom. The van der Waals surface area contributed by atoms with Crippen LogP contribution in [0.15, 0.2) is 48.5 Å². The summed E-state index contributed by atoms with van der Waals surface area (Å²) in [5.74, 6) is 0. The second-order valence-corrected chi connectivity index (χ2v) is 2.95. The van der Waals surface area contributed by atoms with Crippen molar-refractivity contribution in [2.75, 3.05) is 0 Å². The third kappa shape index (κ3) is 1.40. The fourth-order valence-electron chi connectivity index (χ4n) is 1.43. The molecule has 0 aliphatic carbocycles. The van der Waals surface area contributed by atoms with E-state index in [1.165, 1.54) is 6.07 Å². The number of benzene rings is 1. The van der Waals surface area contributed by atoms with Crippen LogP contribution in [0.3, 0.4) is 0 Å². The van der Waals surface area contributed by atoms with E-state index in [4.69, 9.17) is 0 Å². The zero-order chi connectivity index (χ0) is 9.97. The highest BCUT2D eigenvalue weighted by molar-refractivity contribution is 5.74. The van der Waals surface area contributed by atoms with Crippen LogP contribution >= 0.6 is 0 Å². The molecule has 0 bridgehead atoms. The van der Waals surface area contributed by atoms with Crippen LogP contribution < -0.4 is 0 Å². The van der Waals surface area contributed by atoms with Gasteiger partial charge in [-0.25, -0.2) is 0 Å². The lowest BCUT2D eigenvalue weighted by Gasteiger charge is -2.04. The number of nitrogens with zero attached hydrogens (tertiary/aromatic N) is 1. The molecular weight excluding hydrogens is 178 g/mol. The molecule has 0 fully saturated rings. The van der Waals surface area contributed by atoms with Gasteiger partial charge in [0.1, 0.15) is 0 Å². The van der Waals surface area contributed by atoms with Gasteiger partial charge in [-0.2, -0.15) is 12.1 Å². The van der Waals surface area contributed by atoms with Gasteiger partial charge in [-0.3, -0.25) is 10.1 Å². The first-order valence-electron chi connectivity index (χ1n) is 4.24. The molecule has 70 valence electrons. The van der Waals surface area contributed by atoms with Gasteiger partial charge in [0, 0.05) is 4.92 Å². The van der Waals surface area contributed by atoms with Crippen molar-refractivity contribution in [3.63, 3.8) is 0 Å². The molecule has 0 amide bonds. The minimum absolute atomic E-state index is 0.163. The lowest BCUT2D eigenvalue weighted by atomic mass is 10.1. The summed E-state index contributed by atoms with van der Waals surface area (Å²) >= 11 is 0. The van der Waals surface area contributed by atoms with Crippen molar-refractivity contribution in [1.29, 1.82) is 0 Å². The highest BCUT2D eigenvalue weighted by Gasteiger charge is 2.05. The molecule has 0 atom stereocenters. The molecule has 0 saturated carbocycles. The van der Waals surface area contributed by atoms with Gasteiger partial charge in [-0.05, 0) is 0 Å². The summed E-state index contributed by atoms with van der Waals surface area (Å²) in [5, 5.41) is 10.7. The van der Waals surface area contributed by atoms with E-state index in [9.17, 15) is 10.1 Å².